The van der Waals surface area contributed by atoms with Crippen LogP contribution in [-0.2, 0) is 14.3 Å². The molecule has 1 fully saturated rings. The quantitative estimate of drug-likeness (QED) is 0.604. The summed E-state index contributed by atoms with van der Waals surface area (Å²) in [4.78, 5) is 33.4. The number of hydrogen-bond acceptors (Lipinski definition) is 4. The van der Waals surface area contributed by atoms with Crippen molar-refractivity contribution in [2.75, 3.05) is 7.11 Å². The molecule has 1 saturated carbocycles. The van der Waals surface area contributed by atoms with E-state index in [9.17, 15) is 14.4 Å². The number of hydrazine groups is 1. The molecule has 0 spiro atoms. The van der Waals surface area contributed by atoms with E-state index in [1.807, 2.05) is 5.43 Å². The molecule has 0 aliphatic heterocycles. The molecular weight excluding hydrogens is 228 g/mol. The van der Waals surface area contributed by atoms with Gasteiger partial charge in [-0.15, -0.1) is 0 Å². The average Bonchev–Trinajstić information content (AvgIpc) is 2.35. The lowest BCUT2D eigenvalue weighted by molar-refractivity contribution is -0.149. The number of aliphatic carboxylic acids is 1. The number of carboxylic acid groups (broad SMARTS) is 1. The van der Waals surface area contributed by atoms with E-state index in [-0.39, 0.29) is 0 Å². The topological polar surface area (TPSA) is 105 Å². The van der Waals surface area contributed by atoms with E-state index >= 15 is 0 Å². The molecule has 0 radical (unpaired) electrons. The fraction of sp³-hybridized carbons (Fsp3) is 0.700. The summed E-state index contributed by atoms with van der Waals surface area (Å²) in [5, 5.41) is 8.99. The van der Waals surface area contributed by atoms with Gasteiger partial charge in [0.25, 0.3) is 0 Å². The third-order valence-electron chi connectivity index (χ3n) is 2.89. The lowest BCUT2D eigenvalue weighted by Gasteiger charge is -2.27. The van der Waals surface area contributed by atoms with E-state index in [2.05, 4.69) is 10.2 Å². The monoisotopic (exact) mass is 244 g/mol. The van der Waals surface area contributed by atoms with Gasteiger partial charge in [0.2, 0.25) is 5.91 Å². The summed E-state index contributed by atoms with van der Waals surface area (Å²) in [7, 11) is 1.17. The van der Waals surface area contributed by atoms with Gasteiger partial charge in [0, 0.05) is 0 Å². The Kier molecular flexibility index (Phi) is 4.74. The van der Waals surface area contributed by atoms with Crippen molar-refractivity contribution >= 4 is 18.0 Å². The summed E-state index contributed by atoms with van der Waals surface area (Å²) in [6, 6.07) is 0. The predicted molar refractivity (Wildman–Crippen MR) is 56.8 cm³/mol. The molecule has 3 N–H and O–H groups in total. The Morgan fingerprint density at radius 3 is 2.24 bits per heavy atom. The minimum absolute atomic E-state index is 0.484. The number of ether oxygens (including phenoxy) is 1. The number of methoxy groups -OCH3 is 1. The maximum Gasteiger partial charge on any atom is 0.425 e. The molecule has 0 aromatic heterocycles. The van der Waals surface area contributed by atoms with E-state index < -0.39 is 29.8 Å². The highest BCUT2D eigenvalue weighted by Gasteiger charge is 2.35. The summed E-state index contributed by atoms with van der Waals surface area (Å²) in [6.45, 7) is 0. The Bertz CT molecular complexity index is 318. The van der Waals surface area contributed by atoms with Gasteiger partial charge < -0.3 is 9.84 Å². The summed E-state index contributed by atoms with van der Waals surface area (Å²) in [5.74, 6) is -2.73. The molecule has 96 valence electrons. The van der Waals surface area contributed by atoms with Crippen LogP contribution in [0.1, 0.15) is 25.7 Å². The number of carbonyl (C=O) groups is 3. The van der Waals surface area contributed by atoms with Crippen molar-refractivity contribution in [1.29, 1.82) is 0 Å². The fourth-order valence-electron chi connectivity index (χ4n) is 2.00. The first-order chi connectivity index (χ1) is 8.06. The molecule has 2 amide bonds. The molecule has 0 aromatic rings. The normalized spacial score (nSPS) is 23.6. The summed E-state index contributed by atoms with van der Waals surface area (Å²) in [5.41, 5.74) is 4.20. The minimum Gasteiger partial charge on any atom is -0.481 e. The number of hydrogen-bond donors (Lipinski definition) is 3. The Balaban J connectivity index is 2.53. The van der Waals surface area contributed by atoms with Gasteiger partial charge in [0.15, 0.2) is 0 Å². The van der Waals surface area contributed by atoms with Crippen molar-refractivity contribution in [2.45, 2.75) is 25.7 Å². The molecule has 0 saturated heterocycles. The van der Waals surface area contributed by atoms with Crippen LogP contribution in [0.4, 0.5) is 4.79 Å². The first-order valence-corrected chi connectivity index (χ1v) is 5.43. The second kappa shape index (κ2) is 6.07. The fourth-order valence-corrected chi connectivity index (χ4v) is 2.00. The molecule has 0 bridgehead atoms. The highest BCUT2D eigenvalue weighted by atomic mass is 16.5. The van der Waals surface area contributed by atoms with Crippen LogP contribution in [0.25, 0.3) is 0 Å². The molecule has 0 unspecified atom stereocenters. The van der Waals surface area contributed by atoms with Crippen molar-refractivity contribution in [3.05, 3.63) is 0 Å². The first-order valence-electron chi connectivity index (χ1n) is 5.43. The van der Waals surface area contributed by atoms with Crippen LogP contribution in [-0.4, -0.2) is 30.2 Å². The third kappa shape index (κ3) is 3.61. The molecule has 1 rings (SSSR count). The molecule has 1 aliphatic carbocycles. The van der Waals surface area contributed by atoms with Crippen LogP contribution in [0.5, 0.6) is 0 Å². The van der Waals surface area contributed by atoms with Crippen molar-refractivity contribution in [1.82, 2.24) is 10.9 Å². The Morgan fingerprint density at radius 2 is 1.71 bits per heavy atom. The Hall–Kier alpha value is -1.79. The smallest absolute Gasteiger partial charge is 0.425 e. The highest BCUT2D eigenvalue weighted by Crippen LogP contribution is 2.30. The van der Waals surface area contributed by atoms with Crippen molar-refractivity contribution in [3.8, 4) is 0 Å². The zero-order valence-corrected chi connectivity index (χ0v) is 9.56. The summed E-state index contributed by atoms with van der Waals surface area (Å²) < 4.78 is 4.28. The van der Waals surface area contributed by atoms with E-state index in [0.717, 1.165) is 12.8 Å². The maximum atomic E-state index is 11.7. The van der Waals surface area contributed by atoms with Crippen LogP contribution in [0.15, 0.2) is 0 Å². The van der Waals surface area contributed by atoms with Crippen molar-refractivity contribution < 1.29 is 24.2 Å². The molecule has 7 nitrogen and oxygen atoms in total. The van der Waals surface area contributed by atoms with Gasteiger partial charge >= 0.3 is 12.1 Å². The first kappa shape index (κ1) is 13.3. The average molecular weight is 244 g/mol. The van der Waals surface area contributed by atoms with Crippen molar-refractivity contribution in [2.24, 2.45) is 11.8 Å². The van der Waals surface area contributed by atoms with E-state index in [1.54, 1.807) is 0 Å². The predicted octanol–water partition coefficient (Wildman–Crippen LogP) is 0.265. The third-order valence-corrected chi connectivity index (χ3v) is 2.89. The number of amides is 2. The molecular formula is C10H16N2O5. The van der Waals surface area contributed by atoms with Crippen LogP contribution in [0.2, 0.25) is 0 Å². The maximum absolute atomic E-state index is 11.7. The Morgan fingerprint density at radius 1 is 1.12 bits per heavy atom. The lowest BCUT2D eigenvalue weighted by atomic mass is 9.79. The van der Waals surface area contributed by atoms with E-state index in [0.29, 0.717) is 12.8 Å². The minimum atomic E-state index is -0.970. The second-order valence-corrected chi connectivity index (χ2v) is 3.94. The number of nitrogens with one attached hydrogen (secondary N) is 2. The lowest BCUT2D eigenvalue weighted by Crippen LogP contribution is -2.47. The van der Waals surface area contributed by atoms with Gasteiger partial charge in [-0.25, -0.2) is 10.2 Å². The standard InChI is InChI=1S/C10H16N2O5/c1-17-10(16)12-11-8(13)6-4-2-3-5-7(6)9(14)15/h6-7H,2-5H2,1H3,(H,11,13)(H,12,16)(H,14,15)/t6-,7-/m1/s1. The molecule has 0 heterocycles. The highest BCUT2D eigenvalue weighted by molar-refractivity contribution is 5.86. The SMILES string of the molecule is COC(=O)NNC(=O)[C@@H]1CCCC[C@H]1C(=O)O. The van der Waals surface area contributed by atoms with Crippen LogP contribution >= 0.6 is 0 Å². The van der Waals surface area contributed by atoms with Gasteiger partial charge in [-0.1, -0.05) is 12.8 Å². The zero-order valence-electron chi connectivity index (χ0n) is 9.56. The van der Waals surface area contributed by atoms with Crippen LogP contribution in [0.3, 0.4) is 0 Å². The number of carbonyl (C=O) groups excluding carboxylic acids is 2. The van der Waals surface area contributed by atoms with E-state index in [1.165, 1.54) is 7.11 Å². The molecule has 17 heavy (non-hydrogen) atoms. The molecule has 1 aliphatic rings. The molecule has 2 atom stereocenters. The molecule has 0 aromatic carbocycles. The Labute approximate surface area is 98.5 Å². The van der Waals surface area contributed by atoms with Crippen molar-refractivity contribution in [3.63, 3.8) is 0 Å². The van der Waals surface area contributed by atoms with Crippen LogP contribution < -0.4 is 10.9 Å². The molecule has 7 heteroatoms. The van der Waals surface area contributed by atoms with Crippen LogP contribution in [0, 0.1) is 11.8 Å². The zero-order chi connectivity index (χ0) is 12.8. The summed E-state index contributed by atoms with van der Waals surface area (Å²) in [6.07, 6.45) is 1.85. The van der Waals surface area contributed by atoms with Gasteiger partial charge in [0.1, 0.15) is 0 Å². The second-order valence-electron chi connectivity index (χ2n) is 3.94. The van der Waals surface area contributed by atoms with Gasteiger partial charge in [-0.2, -0.15) is 0 Å². The number of rotatable bonds is 2. The van der Waals surface area contributed by atoms with Gasteiger partial charge in [-0.3, -0.25) is 15.0 Å². The number of carboxylic acids is 1. The largest absolute Gasteiger partial charge is 0.481 e. The van der Waals surface area contributed by atoms with Gasteiger partial charge in [-0.05, 0) is 12.8 Å². The van der Waals surface area contributed by atoms with E-state index in [4.69, 9.17) is 5.11 Å². The summed E-state index contributed by atoms with van der Waals surface area (Å²) >= 11 is 0. The van der Waals surface area contributed by atoms with Gasteiger partial charge in [0.05, 0.1) is 18.9 Å².